The Morgan fingerprint density at radius 3 is 2.37 bits per heavy atom. The number of benzene rings is 2. The Bertz CT molecular complexity index is 1260. The van der Waals surface area contributed by atoms with E-state index in [-0.39, 0.29) is 17.9 Å². The van der Waals surface area contributed by atoms with Gasteiger partial charge in [0.2, 0.25) is 11.8 Å². The fourth-order valence-electron chi connectivity index (χ4n) is 5.44. The van der Waals surface area contributed by atoms with E-state index in [1.807, 2.05) is 15.9 Å². The molecule has 220 valence electrons. The third-order valence-corrected chi connectivity index (χ3v) is 8.84. The van der Waals surface area contributed by atoms with E-state index in [2.05, 4.69) is 84.1 Å². The number of hydrogen-bond acceptors (Lipinski definition) is 5. The summed E-state index contributed by atoms with van der Waals surface area (Å²) in [6.07, 6.45) is 8.10. The number of piperazine rings is 1. The summed E-state index contributed by atoms with van der Waals surface area (Å²) in [6, 6.07) is 18.8. The number of carbonyl (C=O) groups excluding carboxylic acids is 2. The van der Waals surface area contributed by atoms with Gasteiger partial charge in [0.15, 0.2) is 5.16 Å². The highest BCUT2D eigenvalue weighted by molar-refractivity contribution is 7.99. The highest BCUT2D eigenvalue weighted by atomic mass is 32.2. The van der Waals surface area contributed by atoms with Crippen molar-refractivity contribution in [2.45, 2.75) is 89.8 Å². The lowest BCUT2D eigenvalue weighted by molar-refractivity contribution is -0.142. The first-order chi connectivity index (χ1) is 20.0. The van der Waals surface area contributed by atoms with Crippen molar-refractivity contribution < 1.29 is 9.59 Å². The third-order valence-electron chi connectivity index (χ3n) is 7.82. The number of rotatable bonds is 14. The van der Waals surface area contributed by atoms with E-state index >= 15 is 0 Å². The molecule has 2 amide bonds. The lowest BCUT2D eigenvalue weighted by atomic mass is 10.1. The summed E-state index contributed by atoms with van der Waals surface area (Å²) in [5.74, 6) is 2.24. The molecule has 1 aliphatic heterocycles. The van der Waals surface area contributed by atoms with Crippen LogP contribution in [0.15, 0.2) is 59.8 Å². The van der Waals surface area contributed by atoms with Gasteiger partial charge in [-0.1, -0.05) is 86.5 Å². The second-order valence-corrected chi connectivity index (χ2v) is 12.1. The summed E-state index contributed by atoms with van der Waals surface area (Å²) < 4.78 is 2.18. The molecule has 1 aliphatic rings. The molecule has 1 unspecified atom stereocenters. The van der Waals surface area contributed by atoms with Gasteiger partial charge >= 0.3 is 0 Å². The summed E-state index contributed by atoms with van der Waals surface area (Å²) in [5, 5.41) is 10.0. The van der Waals surface area contributed by atoms with Crippen LogP contribution in [-0.2, 0) is 16.0 Å². The van der Waals surface area contributed by atoms with Crippen LogP contribution in [0.3, 0.4) is 0 Å². The van der Waals surface area contributed by atoms with Crippen LogP contribution in [0.4, 0.5) is 0 Å². The Morgan fingerprint density at radius 1 is 0.878 bits per heavy atom. The van der Waals surface area contributed by atoms with Crippen molar-refractivity contribution in [3.8, 4) is 5.69 Å². The zero-order valence-corrected chi connectivity index (χ0v) is 25.7. The van der Waals surface area contributed by atoms with E-state index in [0.717, 1.165) is 48.1 Å². The SMILES string of the molecule is CCCCCCC(=O)N1CCN(C(=O)CCCCSc2nnc(Cc3ccccc3)n2-c2ccccc2C)CC1C. The fourth-order valence-corrected chi connectivity index (χ4v) is 6.41. The molecule has 0 saturated carbocycles. The highest BCUT2D eigenvalue weighted by Crippen LogP contribution is 2.26. The molecule has 8 heteroatoms. The zero-order chi connectivity index (χ0) is 29.0. The van der Waals surface area contributed by atoms with Crippen LogP contribution in [0.2, 0.25) is 0 Å². The molecule has 41 heavy (non-hydrogen) atoms. The lowest BCUT2D eigenvalue weighted by Crippen LogP contribution is -2.55. The van der Waals surface area contributed by atoms with Crippen LogP contribution in [0.5, 0.6) is 0 Å². The molecule has 0 N–H and O–H groups in total. The number of hydrogen-bond donors (Lipinski definition) is 0. The Balaban J connectivity index is 1.25. The van der Waals surface area contributed by atoms with Crippen LogP contribution in [0, 0.1) is 6.92 Å². The number of carbonyl (C=O) groups is 2. The number of nitrogens with zero attached hydrogens (tertiary/aromatic N) is 5. The Labute approximate surface area is 249 Å². The highest BCUT2D eigenvalue weighted by Gasteiger charge is 2.29. The van der Waals surface area contributed by atoms with E-state index in [1.54, 1.807) is 11.8 Å². The first-order valence-corrected chi connectivity index (χ1v) is 16.2. The van der Waals surface area contributed by atoms with Gasteiger partial charge in [-0.15, -0.1) is 10.2 Å². The Kier molecular flexibility index (Phi) is 11.8. The summed E-state index contributed by atoms with van der Waals surface area (Å²) >= 11 is 1.70. The number of aromatic nitrogens is 3. The molecule has 1 fully saturated rings. The number of aryl methyl sites for hydroxylation is 1. The molecule has 0 radical (unpaired) electrons. The quantitative estimate of drug-likeness (QED) is 0.163. The smallest absolute Gasteiger partial charge is 0.222 e. The van der Waals surface area contributed by atoms with Gasteiger partial charge in [0, 0.05) is 50.7 Å². The number of amides is 2. The van der Waals surface area contributed by atoms with Gasteiger partial charge in [-0.2, -0.15) is 0 Å². The van der Waals surface area contributed by atoms with Gasteiger partial charge < -0.3 is 9.80 Å². The monoisotopic (exact) mass is 575 g/mol. The van der Waals surface area contributed by atoms with Gasteiger partial charge in [-0.25, -0.2) is 0 Å². The van der Waals surface area contributed by atoms with Gasteiger partial charge in [0.25, 0.3) is 0 Å². The van der Waals surface area contributed by atoms with E-state index in [1.165, 1.54) is 24.0 Å². The van der Waals surface area contributed by atoms with E-state index in [9.17, 15) is 9.59 Å². The molecule has 3 aromatic rings. The van der Waals surface area contributed by atoms with Crippen molar-refractivity contribution in [3.05, 3.63) is 71.5 Å². The summed E-state index contributed by atoms with van der Waals surface area (Å²) in [6.45, 7) is 8.29. The largest absolute Gasteiger partial charge is 0.339 e. The fraction of sp³-hybridized carbons (Fsp3) is 0.515. The van der Waals surface area contributed by atoms with Crippen LogP contribution in [-0.4, -0.2) is 67.8 Å². The third kappa shape index (κ3) is 8.68. The molecule has 2 aromatic carbocycles. The number of thioether (sulfide) groups is 1. The van der Waals surface area contributed by atoms with Gasteiger partial charge in [0.1, 0.15) is 5.82 Å². The van der Waals surface area contributed by atoms with Crippen molar-refractivity contribution >= 4 is 23.6 Å². The van der Waals surface area contributed by atoms with Crippen LogP contribution < -0.4 is 0 Å². The second kappa shape index (κ2) is 15.8. The molecule has 1 saturated heterocycles. The van der Waals surface area contributed by atoms with E-state index in [4.69, 9.17) is 0 Å². The normalized spacial score (nSPS) is 15.3. The standard InChI is InChI=1S/C33H45N5O2S/c1-4-5-6-10-20-32(40)37-22-21-36(25-27(37)3)31(39)19-13-14-23-41-33-35-34-30(24-28-16-8-7-9-17-28)38(33)29-18-12-11-15-26(29)2/h7-9,11-12,15-18,27H,4-6,10,13-14,19-25H2,1-3H3. The van der Waals surface area contributed by atoms with Crippen molar-refractivity contribution in [1.29, 1.82) is 0 Å². The predicted molar refractivity (Wildman–Crippen MR) is 166 cm³/mol. The molecule has 0 spiro atoms. The van der Waals surface area contributed by atoms with Crippen molar-refractivity contribution in [2.24, 2.45) is 0 Å². The zero-order valence-electron chi connectivity index (χ0n) is 24.9. The summed E-state index contributed by atoms with van der Waals surface area (Å²) in [7, 11) is 0. The van der Waals surface area contributed by atoms with Crippen LogP contribution >= 0.6 is 11.8 Å². The minimum atomic E-state index is 0.0832. The maximum atomic E-state index is 12.9. The van der Waals surface area contributed by atoms with Gasteiger partial charge in [0.05, 0.1) is 5.69 Å². The van der Waals surface area contributed by atoms with Crippen molar-refractivity contribution in [3.63, 3.8) is 0 Å². The molecule has 0 aliphatic carbocycles. The lowest BCUT2D eigenvalue weighted by Gasteiger charge is -2.40. The van der Waals surface area contributed by atoms with Crippen molar-refractivity contribution in [1.82, 2.24) is 24.6 Å². The van der Waals surface area contributed by atoms with E-state index in [0.29, 0.717) is 38.9 Å². The number of para-hydroxylation sites is 1. The maximum absolute atomic E-state index is 12.9. The van der Waals surface area contributed by atoms with Crippen LogP contribution in [0.1, 0.15) is 82.2 Å². The van der Waals surface area contributed by atoms with Crippen LogP contribution in [0.25, 0.3) is 5.69 Å². The summed E-state index contributed by atoms with van der Waals surface area (Å²) in [4.78, 5) is 29.5. The molecule has 7 nitrogen and oxygen atoms in total. The summed E-state index contributed by atoms with van der Waals surface area (Å²) in [5.41, 5.74) is 3.49. The minimum absolute atomic E-state index is 0.0832. The molecular weight excluding hydrogens is 530 g/mol. The molecule has 0 bridgehead atoms. The molecule has 2 heterocycles. The average Bonchev–Trinajstić information content (AvgIpc) is 3.37. The topological polar surface area (TPSA) is 71.3 Å². The minimum Gasteiger partial charge on any atom is -0.339 e. The average molecular weight is 576 g/mol. The number of unbranched alkanes of at least 4 members (excludes halogenated alkanes) is 4. The Morgan fingerprint density at radius 2 is 1.61 bits per heavy atom. The first-order valence-electron chi connectivity index (χ1n) is 15.2. The maximum Gasteiger partial charge on any atom is 0.222 e. The van der Waals surface area contributed by atoms with Gasteiger partial charge in [-0.3, -0.25) is 14.2 Å². The molecule has 1 atom stereocenters. The Hall–Kier alpha value is -3.13. The molecule has 1 aromatic heterocycles. The predicted octanol–water partition coefficient (Wildman–Crippen LogP) is 6.46. The van der Waals surface area contributed by atoms with Crippen molar-refractivity contribution in [2.75, 3.05) is 25.4 Å². The van der Waals surface area contributed by atoms with E-state index < -0.39 is 0 Å². The molecular formula is C33H45N5O2S. The first kappa shape index (κ1) is 30.8. The molecule has 4 rings (SSSR count). The van der Waals surface area contributed by atoms with Gasteiger partial charge in [-0.05, 0) is 50.3 Å². The second-order valence-electron chi connectivity index (χ2n) is 11.1.